The van der Waals surface area contributed by atoms with Crippen LogP contribution in [0.1, 0.15) is 32.3 Å². The summed E-state index contributed by atoms with van der Waals surface area (Å²) >= 11 is 0. The number of rotatable bonds is 9. The predicted molar refractivity (Wildman–Crippen MR) is 85.0 cm³/mol. The highest BCUT2D eigenvalue weighted by Crippen LogP contribution is 2.18. The van der Waals surface area contributed by atoms with Gasteiger partial charge in [-0.2, -0.15) is 0 Å². The van der Waals surface area contributed by atoms with Gasteiger partial charge in [0.05, 0.1) is 0 Å². The van der Waals surface area contributed by atoms with Crippen LogP contribution < -0.4 is 5.32 Å². The molecule has 0 aliphatic heterocycles. The maximum atomic E-state index is 5.40. The number of benzene rings is 1. The fraction of sp³-hybridized carbons (Fsp3) is 0.529. The normalized spacial score (nSPS) is 11.3. The van der Waals surface area contributed by atoms with Gasteiger partial charge in [-0.15, -0.1) is 0 Å². The molecule has 3 nitrogen and oxygen atoms in total. The Labute approximate surface area is 121 Å². The molecular formula is C17H26N2O. The minimum absolute atomic E-state index is 0.806. The third-order valence-corrected chi connectivity index (χ3v) is 3.48. The van der Waals surface area contributed by atoms with Crippen LogP contribution in [0.15, 0.2) is 30.5 Å². The maximum Gasteiger partial charge on any atom is 0.0482 e. The third-order valence-electron chi connectivity index (χ3n) is 3.48. The lowest BCUT2D eigenvalue weighted by Gasteiger charge is -2.07. The molecule has 0 amide bonds. The van der Waals surface area contributed by atoms with E-state index in [1.165, 1.54) is 22.9 Å². The second kappa shape index (κ2) is 8.08. The van der Waals surface area contributed by atoms with E-state index in [0.717, 1.165) is 39.3 Å². The largest absolute Gasteiger partial charge is 0.382 e. The molecule has 0 bridgehead atoms. The number of aryl methyl sites for hydroxylation is 1. The SMILES string of the molecule is CCCNCc1ccc2c(ccn2CCCOCC)c1. The van der Waals surface area contributed by atoms with Gasteiger partial charge in [-0.1, -0.05) is 13.0 Å². The first-order valence-electron chi connectivity index (χ1n) is 7.71. The summed E-state index contributed by atoms with van der Waals surface area (Å²) in [7, 11) is 0. The van der Waals surface area contributed by atoms with E-state index in [1.807, 2.05) is 6.92 Å². The van der Waals surface area contributed by atoms with E-state index < -0.39 is 0 Å². The summed E-state index contributed by atoms with van der Waals surface area (Å²) in [5.41, 5.74) is 2.68. The average Bonchev–Trinajstić information content (AvgIpc) is 2.86. The van der Waals surface area contributed by atoms with Crippen molar-refractivity contribution in [2.45, 2.75) is 39.8 Å². The monoisotopic (exact) mass is 274 g/mol. The first kappa shape index (κ1) is 15.1. The van der Waals surface area contributed by atoms with E-state index in [0.29, 0.717) is 0 Å². The third kappa shape index (κ3) is 4.09. The van der Waals surface area contributed by atoms with E-state index in [9.17, 15) is 0 Å². The molecule has 0 fully saturated rings. The topological polar surface area (TPSA) is 26.2 Å². The Morgan fingerprint density at radius 2 is 2.10 bits per heavy atom. The van der Waals surface area contributed by atoms with E-state index >= 15 is 0 Å². The van der Waals surface area contributed by atoms with Gasteiger partial charge in [0.25, 0.3) is 0 Å². The highest BCUT2D eigenvalue weighted by Gasteiger charge is 2.02. The second-order valence-electron chi connectivity index (χ2n) is 5.13. The van der Waals surface area contributed by atoms with Crippen LogP contribution in [0, 0.1) is 0 Å². The van der Waals surface area contributed by atoms with E-state index in [1.54, 1.807) is 0 Å². The van der Waals surface area contributed by atoms with Crippen LogP contribution in [0.4, 0.5) is 0 Å². The zero-order valence-electron chi connectivity index (χ0n) is 12.7. The summed E-state index contributed by atoms with van der Waals surface area (Å²) in [6.45, 7) is 8.94. The van der Waals surface area contributed by atoms with Crippen LogP contribution in [-0.4, -0.2) is 24.3 Å². The number of nitrogens with one attached hydrogen (secondary N) is 1. The minimum atomic E-state index is 0.806. The van der Waals surface area contributed by atoms with E-state index in [2.05, 4.69) is 47.3 Å². The summed E-state index contributed by atoms with van der Waals surface area (Å²) in [5, 5.41) is 4.78. The van der Waals surface area contributed by atoms with Crippen molar-refractivity contribution >= 4 is 10.9 Å². The van der Waals surface area contributed by atoms with Gasteiger partial charge in [0, 0.05) is 38.0 Å². The molecule has 0 aliphatic rings. The summed E-state index contributed by atoms with van der Waals surface area (Å²) < 4.78 is 7.71. The first-order valence-corrected chi connectivity index (χ1v) is 7.71. The van der Waals surface area contributed by atoms with Crippen molar-refractivity contribution in [2.24, 2.45) is 0 Å². The molecule has 0 saturated carbocycles. The van der Waals surface area contributed by atoms with Crippen LogP contribution in [0.2, 0.25) is 0 Å². The Hall–Kier alpha value is -1.32. The van der Waals surface area contributed by atoms with Crippen LogP contribution >= 0.6 is 0 Å². The zero-order chi connectivity index (χ0) is 14.2. The van der Waals surface area contributed by atoms with Crippen molar-refractivity contribution in [3.05, 3.63) is 36.0 Å². The quantitative estimate of drug-likeness (QED) is 0.708. The Morgan fingerprint density at radius 3 is 2.90 bits per heavy atom. The zero-order valence-corrected chi connectivity index (χ0v) is 12.7. The molecule has 0 unspecified atom stereocenters. The van der Waals surface area contributed by atoms with Gasteiger partial charge in [0.2, 0.25) is 0 Å². The Bertz CT molecular complexity index is 519. The van der Waals surface area contributed by atoms with Crippen molar-refractivity contribution in [1.29, 1.82) is 0 Å². The lowest BCUT2D eigenvalue weighted by atomic mass is 10.1. The standard InChI is InChI=1S/C17H26N2O/c1-3-9-18-14-15-6-7-17-16(13-15)8-11-19(17)10-5-12-20-4-2/h6-8,11,13,18H,3-5,9-10,12,14H2,1-2H3. The predicted octanol–water partition coefficient (Wildman–Crippen LogP) is 3.57. The molecule has 1 heterocycles. The highest BCUT2D eigenvalue weighted by molar-refractivity contribution is 5.80. The van der Waals surface area contributed by atoms with Crippen molar-refractivity contribution in [3.63, 3.8) is 0 Å². The van der Waals surface area contributed by atoms with E-state index in [4.69, 9.17) is 4.74 Å². The fourth-order valence-electron chi connectivity index (χ4n) is 2.45. The molecule has 0 aliphatic carbocycles. The first-order chi connectivity index (χ1) is 9.85. The molecule has 0 radical (unpaired) electrons. The summed E-state index contributed by atoms with van der Waals surface area (Å²) in [6, 6.07) is 8.96. The molecule has 1 N–H and O–H groups in total. The molecular weight excluding hydrogens is 248 g/mol. The van der Waals surface area contributed by atoms with Crippen LogP contribution in [0.3, 0.4) is 0 Å². The number of ether oxygens (including phenoxy) is 1. The van der Waals surface area contributed by atoms with Gasteiger partial charge in [-0.3, -0.25) is 0 Å². The van der Waals surface area contributed by atoms with Gasteiger partial charge in [-0.25, -0.2) is 0 Å². The van der Waals surface area contributed by atoms with E-state index in [-0.39, 0.29) is 0 Å². The molecule has 2 rings (SSSR count). The van der Waals surface area contributed by atoms with Gasteiger partial charge >= 0.3 is 0 Å². The number of hydrogen-bond donors (Lipinski definition) is 1. The molecule has 2 aromatic rings. The molecule has 0 spiro atoms. The van der Waals surface area contributed by atoms with Crippen molar-refractivity contribution < 1.29 is 4.74 Å². The Morgan fingerprint density at radius 1 is 1.20 bits per heavy atom. The second-order valence-corrected chi connectivity index (χ2v) is 5.13. The molecule has 1 aromatic carbocycles. The minimum Gasteiger partial charge on any atom is -0.382 e. The molecule has 0 atom stereocenters. The van der Waals surface area contributed by atoms with Gasteiger partial charge in [0.1, 0.15) is 0 Å². The van der Waals surface area contributed by atoms with Crippen LogP contribution in [0.5, 0.6) is 0 Å². The number of nitrogens with zero attached hydrogens (tertiary/aromatic N) is 1. The summed E-state index contributed by atoms with van der Waals surface area (Å²) in [5.74, 6) is 0. The van der Waals surface area contributed by atoms with Crippen LogP contribution in [0.25, 0.3) is 10.9 Å². The lowest BCUT2D eigenvalue weighted by molar-refractivity contribution is 0.142. The molecule has 0 saturated heterocycles. The van der Waals surface area contributed by atoms with Gasteiger partial charge in [-0.05, 0) is 55.5 Å². The maximum absolute atomic E-state index is 5.40. The number of fused-ring (bicyclic) bond motifs is 1. The summed E-state index contributed by atoms with van der Waals surface area (Å²) in [4.78, 5) is 0. The van der Waals surface area contributed by atoms with Crippen molar-refractivity contribution in [1.82, 2.24) is 9.88 Å². The Balaban J connectivity index is 1.97. The molecule has 1 aromatic heterocycles. The van der Waals surface area contributed by atoms with Crippen molar-refractivity contribution in [2.75, 3.05) is 19.8 Å². The van der Waals surface area contributed by atoms with Crippen LogP contribution in [-0.2, 0) is 17.8 Å². The average molecular weight is 274 g/mol. The molecule has 20 heavy (non-hydrogen) atoms. The number of hydrogen-bond acceptors (Lipinski definition) is 2. The van der Waals surface area contributed by atoms with Gasteiger partial charge in [0.15, 0.2) is 0 Å². The lowest BCUT2D eigenvalue weighted by Crippen LogP contribution is -2.13. The molecule has 110 valence electrons. The Kier molecular flexibility index (Phi) is 6.09. The summed E-state index contributed by atoms with van der Waals surface area (Å²) in [6.07, 6.45) is 4.43. The van der Waals surface area contributed by atoms with Gasteiger partial charge < -0.3 is 14.6 Å². The number of aromatic nitrogens is 1. The smallest absolute Gasteiger partial charge is 0.0482 e. The molecule has 3 heteroatoms. The fourth-order valence-corrected chi connectivity index (χ4v) is 2.45. The van der Waals surface area contributed by atoms with Crippen molar-refractivity contribution in [3.8, 4) is 0 Å². The highest BCUT2D eigenvalue weighted by atomic mass is 16.5.